The summed E-state index contributed by atoms with van der Waals surface area (Å²) >= 11 is 0. The smallest absolute Gasteiger partial charge is 0.224 e. The van der Waals surface area contributed by atoms with Gasteiger partial charge in [-0.25, -0.2) is 0 Å². The van der Waals surface area contributed by atoms with E-state index in [1.165, 1.54) is 12.8 Å². The minimum Gasteiger partial charge on any atom is -0.353 e. The van der Waals surface area contributed by atoms with Gasteiger partial charge in [-0.15, -0.1) is 12.4 Å². The van der Waals surface area contributed by atoms with Crippen molar-refractivity contribution < 1.29 is 4.79 Å². The number of carbonyl (C=O) groups is 1. The predicted molar refractivity (Wildman–Crippen MR) is 72.3 cm³/mol. The van der Waals surface area contributed by atoms with Crippen LogP contribution in [0, 0.1) is 17.8 Å². The molecule has 0 aromatic rings. The summed E-state index contributed by atoms with van der Waals surface area (Å²) in [6, 6.07) is 0.414. The van der Waals surface area contributed by atoms with Gasteiger partial charge >= 0.3 is 0 Å². The first-order valence-electron chi connectivity index (χ1n) is 6.69. The van der Waals surface area contributed by atoms with Gasteiger partial charge in [0.15, 0.2) is 0 Å². The quantitative estimate of drug-likeness (QED) is 0.797. The van der Waals surface area contributed by atoms with E-state index in [0.29, 0.717) is 12.0 Å². The number of nitrogens with one attached hydrogen (secondary N) is 2. The molecule has 2 fully saturated rings. The summed E-state index contributed by atoms with van der Waals surface area (Å²) in [5, 5.41) is 6.51. The second kappa shape index (κ2) is 6.60. The van der Waals surface area contributed by atoms with Crippen LogP contribution in [0.4, 0.5) is 0 Å². The predicted octanol–water partition coefficient (Wildman–Crippen LogP) is 1.96. The second-order valence-corrected chi connectivity index (χ2v) is 5.57. The molecule has 0 spiro atoms. The van der Waals surface area contributed by atoms with Gasteiger partial charge in [-0.2, -0.15) is 0 Å². The highest BCUT2D eigenvalue weighted by Gasteiger charge is 2.30. The lowest BCUT2D eigenvalue weighted by Gasteiger charge is -2.35. The lowest BCUT2D eigenvalue weighted by atomic mass is 9.78. The molecule has 2 N–H and O–H groups in total. The Morgan fingerprint density at radius 1 is 1.24 bits per heavy atom. The fraction of sp³-hybridized carbons (Fsp3) is 0.923. The third-order valence-electron chi connectivity index (χ3n) is 4.47. The lowest BCUT2D eigenvalue weighted by Crippen LogP contribution is -2.46. The van der Waals surface area contributed by atoms with Gasteiger partial charge in [0.05, 0.1) is 5.92 Å². The molecule has 0 aromatic carbocycles. The topological polar surface area (TPSA) is 41.1 Å². The molecule has 0 bridgehead atoms. The first kappa shape index (κ1) is 14.8. The zero-order chi connectivity index (χ0) is 11.5. The van der Waals surface area contributed by atoms with Crippen molar-refractivity contribution in [2.45, 2.75) is 45.6 Å². The summed E-state index contributed by atoms with van der Waals surface area (Å²) in [6.45, 7) is 6.44. The van der Waals surface area contributed by atoms with Crippen LogP contribution in [0.15, 0.2) is 0 Å². The minimum atomic E-state index is 0. The van der Waals surface area contributed by atoms with E-state index >= 15 is 0 Å². The van der Waals surface area contributed by atoms with E-state index in [4.69, 9.17) is 0 Å². The van der Waals surface area contributed by atoms with E-state index in [9.17, 15) is 4.79 Å². The Kier molecular flexibility index (Phi) is 5.74. The molecule has 3 nitrogen and oxygen atoms in total. The highest BCUT2D eigenvalue weighted by atomic mass is 35.5. The molecular weight excluding hydrogens is 236 g/mol. The Morgan fingerprint density at radius 3 is 2.65 bits per heavy atom. The van der Waals surface area contributed by atoms with Crippen molar-refractivity contribution in [2.24, 2.45) is 17.8 Å². The fourth-order valence-corrected chi connectivity index (χ4v) is 2.96. The van der Waals surface area contributed by atoms with E-state index in [0.717, 1.165) is 31.8 Å². The maximum atomic E-state index is 12.0. The summed E-state index contributed by atoms with van der Waals surface area (Å²) in [6.07, 6.45) is 4.75. The standard InChI is InChI=1S/C13H24N2O.ClH/c1-9-4-3-5-12(10(9)2)15-13(16)11-6-7-14-8-11;/h9-12,14H,3-8H2,1-2H3,(H,15,16);1H. The molecule has 4 atom stereocenters. The molecule has 1 aliphatic heterocycles. The molecule has 1 saturated heterocycles. The van der Waals surface area contributed by atoms with Crippen molar-refractivity contribution in [1.82, 2.24) is 10.6 Å². The van der Waals surface area contributed by atoms with Gasteiger partial charge < -0.3 is 10.6 Å². The highest BCUT2D eigenvalue weighted by Crippen LogP contribution is 2.29. The number of halogens is 1. The van der Waals surface area contributed by atoms with Gasteiger partial charge in [0, 0.05) is 12.6 Å². The molecule has 100 valence electrons. The Morgan fingerprint density at radius 2 is 2.00 bits per heavy atom. The van der Waals surface area contributed by atoms with Gasteiger partial charge in [0.1, 0.15) is 0 Å². The maximum Gasteiger partial charge on any atom is 0.224 e. The summed E-state index contributed by atoms with van der Waals surface area (Å²) < 4.78 is 0. The van der Waals surface area contributed by atoms with E-state index in [-0.39, 0.29) is 24.2 Å². The van der Waals surface area contributed by atoms with E-state index < -0.39 is 0 Å². The summed E-state index contributed by atoms with van der Waals surface area (Å²) in [4.78, 5) is 12.0. The minimum absolute atomic E-state index is 0. The van der Waals surface area contributed by atoms with Crippen LogP contribution in [0.25, 0.3) is 0 Å². The molecule has 2 aliphatic rings. The van der Waals surface area contributed by atoms with Crippen LogP contribution in [0.2, 0.25) is 0 Å². The fourth-order valence-electron chi connectivity index (χ4n) is 2.96. The summed E-state index contributed by atoms with van der Waals surface area (Å²) in [7, 11) is 0. The average molecular weight is 261 g/mol. The second-order valence-electron chi connectivity index (χ2n) is 5.57. The molecular formula is C13H25ClN2O. The summed E-state index contributed by atoms with van der Waals surface area (Å²) in [5.74, 6) is 1.87. The Labute approximate surface area is 111 Å². The highest BCUT2D eigenvalue weighted by molar-refractivity contribution is 5.85. The van der Waals surface area contributed by atoms with Crippen LogP contribution >= 0.6 is 12.4 Å². The third kappa shape index (κ3) is 3.59. The van der Waals surface area contributed by atoms with Crippen LogP contribution in [0.3, 0.4) is 0 Å². The molecule has 1 aliphatic carbocycles. The molecule has 4 heteroatoms. The zero-order valence-electron chi connectivity index (χ0n) is 10.9. The van der Waals surface area contributed by atoms with Crippen LogP contribution in [0.1, 0.15) is 39.5 Å². The van der Waals surface area contributed by atoms with Gasteiger partial charge in [0.2, 0.25) is 5.91 Å². The Hall–Kier alpha value is -0.280. The van der Waals surface area contributed by atoms with Crippen LogP contribution in [-0.2, 0) is 4.79 Å². The van der Waals surface area contributed by atoms with Crippen molar-refractivity contribution in [3.8, 4) is 0 Å². The normalized spacial score (nSPS) is 37.3. The van der Waals surface area contributed by atoms with Gasteiger partial charge in [-0.3, -0.25) is 4.79 Å². The number of rotatable bonds is 2. The molecule has 4 unspecified atom stereocenters. The monoisotopic (exact) mass is 260 g/mol. The molecule has 0 radical (unpaired) electrons. The van der Waals surface area contributed by atoms with Crippen molar-refractivity contribution >= 4 is 18.3 Å². The van der Waals surface area contributed by atoms with Crippen molar-refractivity contribution in [3.63, 3.8) is 0 Å². The number of carbonyl (C=O) groups excluding carboxylic acids is 1. The molecule has 17 heavy (non-hydrogen) atoms. The van der Waals surface area contributed by atoms with Crippen molar-refractivity contribution in [3.05, 3.63) is 0 Å². The molecule has 1 heterocycles. The largest absolute Gasteiger partial charge is 0.353 e. The number of hydrogen-bond acceptors (Lipinski definition) is 2. The molecule has 1 amide bonds. The average Bonchev–Trinajstić information content (AvgIpc) is 2.78. The first-order chi connectivity index (χ1) is 7.68. The van der Waals surface area contributed by atoms with E-state index in [1.54, 1.807) is 0 Å². The van der Waals surface area contributed by atoms with Crippen LogP contribution in [0.5, 0.6) is 0 Å². The maximum absolute atomic E-state index is 12.0. The third-order valence-corrected chi connectivity index (χ3v) is 4.47. The lowest BCUT2D eigenvalue weighted by molar-refractivity contribution is -0.125. The molecule has 2 rings (SSSR count). The van der Waals surface area contributed by atoms with Gasteiger partial charge in [0.25, 0.3) is 0 Å². The van der Waals surface area contributed by atoms with Crippen LogP contribution < -0.4 is 10.6 Å². The Balaban J connectivity index is 0.00000144. The molecule has 0 aromatic heterocycles. The number of hydrogen-bond donors (Lipinski definition) is 2. The zero-order valence-corrected chi connectivity index (χ0v) is 11.7. The Bertz CT molecular complexity index is 254. The van der Waals surface area contributed by atoms with Crippen molar-refractivity contribution in [1.29, 1.82) is 0 Å². The van der Waals surface area contributed by atoms with Gasteiger partial charge in [-0.05, 0) is 31.2 Å². The van der Waals surface area contributed by atoms with Crippen molar-refractivity contribution in [2.75, 3.05) is 13.1 Å². The SMILES string of the molecule is CC1CCCC(NC(=O)C2CCNC2)C1C.Cl. The summed E-state index contributed by atoms with van der Waals surface area (Å²) in [5.41, 5.74) is 0. The molecule has 1 saturated carbocycles. The van der Waals surface area contributed by atoms with E-state index in [1.807, 2.05) is 0 Å². The van der Waals surface area contributed by atoms with Crippen LogP contribution in [-0.4, -0.2) is 25.0 Å². The number of amides is 1. The first-order valence-corrected chi connectivity index (χ1v) is 6.69. The van der Waals surface area contributed by atoms with Gasteiger partial charge in [-0.1, -0.05) is 26.7 Å². The van der Waals surface area contributed by atoms with E-state index in [2.05, 4.69) is 24.5 Å².